The Bertz CT molecular complexity index is 510. The van der Waals surface area contributed by atoms with Crippen LogP contribution in [-0.2, 0) is 4.79 Å². The predicted molar refractivity (Wildman–Crippen MR) is 73.6 cm³/mol. The van der Waals surface area contributed by atoms with Gasteiger partial charge in [-0.1, -0.05) is 24.4 Å². The van der Waals surface area contributed by atoms with Gasteiger partial charge in [0.05, 0.1) is 5.92 Å². The summed E-state index contributed by atoms with van der Waals surface area (Å²) in [7, 11) is 0. The second-order valence-electron chi connectivity index (χ2n) is 5.16. The molecule has 0 amide bonds. The van der Waals surface area contributed by atoms with Gasteiger partial charge < -0.3 is 5.11 Å². The van der Waals surface area contributed by atoms with Gasteiger partial charge in [0, 0.05) is 16.5 Å². The van der Waals surface area contributed by atoms with Gasteiger partial charge in [-0.3, -0.25) is 9.59 Å². The third kappa shape index (κ3) is 2.98. The van der Waals surface area contributed by atoms with E-state index in [4.69, 9.17) is 11.6 Å². The summed E-state index contributed by atoms with van der Waals surface area (Å²) in [4.78, 5) is 23.7. The van der Waals surface area contributed by atoms with Crippen molar-refractivity contribution in [3.63, 3.8) is 0 Å². The quantitative estimate of drug-likeness (QED) is 0.859. The smallest absolute Gasteiger partial charge is 0.307 e. The van der Waals surface area contributed by atoms with Gasteiger partial charge in [0.2, 0.25) is 0 Å². The number of carbonyl (C=O) groups is 2. The molecule has 0 saturated heterocycles. The molecule has 1 saturated carbocycles. The molecule has 1 aromatic carbocycles. The lowest BCUT2D eigenvalue weighted by Crippen LogP contribution is -2.32. The average molecular weight is 281 g/mol. The standard InChI is InChI=1S/C15H17ClO3/c1-9-8-10(6-7-13(9)16)14(17)11-4-2-3-5-12(11)15(18)19/h6-8,11-12H,2-5H2,1H3,(H,18,19). The second-order valence-corrected chi connectivity index (χ2v) is 5.57. The average Bonchev–Trinajstić information content (AvgIpc) is 2.41. The molecule has 0 heterocycles. The first kappa shape index (κ1) is 14.1. The summed E-state index contributed by atoms with van der Waals surface area (Å²) in [6, 6.07) is 5.13. The molecule has 0 spiro atoms. The first-order chi connectivity index (χ1) is 9.00. The van der Waals surface area contributed by atoms with Crippen LogP contribution in [0, 0.1) is 18.8 Å². The zero-order valence-corrected chi connectivity index (χ0v) is 11.6. The number of aryl methyl sites for hydroxylation is 1. The molecular formula is C15H17ClO3. The van der Waals surface area contributed by atoms with Crippen molar-refractivity contribution in [3.05, 3.63) is 34.3 Å². The van der Waals surface area contributed by atoms with E-state index >= 15 is 0 Å². The van der Waals surface area contributed by atoms with Gasteiger partial charge in [-0.2, -0.15) is 0 Å². The molecule has 3 nitrogen and oxygen atoms in total. The number of hydrogen-bond acceptors (Lipinski definition) is 2. The van der Waals surface area contributed by atoms with Gasteiger partial charge in [0.25, 0.3) is 0 Å². The third-order valence-corrected chi connectivity index (χ3v) is 4.29. The number of aliphatic carboxylic acids is 1. The maximum absolute atomic E-state index is 12.5. The Kier molecular flexibility index (Phi) is 4.25. The first-order valence-corrected chi connectivity index (χ1v) is 6.91. The molecule has 0 aromatic heterocycles. The molecular weight excluding hydrogens is 264 g/mol. The van der Waals surface area contributed by atoms with Crippen LogP contribution in [0.1, 0.15) is 41.6 Å². The minimum Gasteiger partial charge on any atom is -0.481 e. The van der Waals surface area contributed by atoms with Crippen molar-refractivity contribution < 1.29 is 14.7 Å². The summed E-state index contributed by atoms with van der Waals surface area (Å²) in [5.41, 5.74) is 1.41. The van der Waals surface area contributed by atoms with Gasteiger partial charge in [-0.15, -0.1) is 0 Å². The molecule has 2 rings (SSSR count). The number of ketones is 1. The summed E-state index contributed by atoms with van der Waals surface area (Å²) >= 11 is 5.94. The van der Waals surface area contributed by atoms with Crippen LogP contribution in [0.15, 0.2) is 18.2 Å². The fraction of sp³-hybridized carbons (Fsp3) is 0.467. The predicted octanol–water partition coefficient (Wildman–Crippen LogP) is 3.72. The number of rotatable bonds is 3. The minimum atomic E-state index is -0.858. The van der Waals surface area contributed by atoms with Crippen LogP contribution >= 0.6 is 11.6 Å². The molecule has 0 bridgehead atoms. The normalized spacial score (nSPS) is 23.1. The second kappa shape index (κ2) is 5.74. The SMILES string of the molecule is Cc1cc(C(=O)C2CCCCC2C(=O)O)ccc1Cl. The largest absolute Gasteiger partial charge is 0.481 e. The van der Waals surface area contributed by atoms with Crippen molar-refractivity contribution in [1.29, 1.82) is 0 Å². The number of benzene rings is 1. The molecule has 1 aliphatic carbocycles. The van der Waals surface area contributed by atoms with Gasteiger partial charge >= 0.3 is 5.97 Å². The molecule has 102 valence electrons. The lowest BCUT2D eigenvalue weighted by atomic mass is 9.75. The van der Waals surface area contributed by atoms with Gasteiger partial charge in [0.15, 0.2) is 5.78 Å². The van der Waals surface area contributed by atoms with Crippen LogP contribution in [0.3, 0.4) is 0 Å². The monoisotopic (exact) mass is 280 g/mol. The highest BCUT2D eigenvalue weighted by Gasteiger charge is 2.35. The Morgan fingerprint density at radius 1 is 1.21 bits per heavy atom. The summed E-state index contributed by atoms with van der Waals surface area (Å²) in [5.74, 6) is -1.86. The molecule has 0 aliphatic heterocycles. The minimum absolute atomic E-state index is 0.0631. The Morgan fingerprint density at radius 3 is 2.42 bits per heavy atom. The lowest BCUT2D eigenvalue weighted by molar-refractivity contribution is -0.144. The highest BCUT2D eigenvalue weighted by atomic mass is 35.5. The third-order valence-electron chi connectivity index (χ3n) is 3.86. The van der Waals surface area contributed by atoms with Crippen LogP contribution in [-0.4, -0.2) is 16.9 Å². The van der Waals surface area contributed by atoms with Crippen LogP contribution in [0.5, 0.6) is 0 Å². The highest BCUT2D eigenvalue weighted by molar-refractivity contribution is 6.31. The van der Waals surface area contributed by atoms with Crippen molar-refractivity contribution in [1.82, 2.24) is 0 Å². The molecule has 1 aromatic rings. The van der Waals surface area contributed by atoms with E-state index in [0.717, 1.165) is 18.4 Å². The molecule has 2 unspecified atom stereocenters. The number of Topliss-reactive ketones (excluding diaryl/α,β-unsaturated/α-hetero) is 1. The van der Waals surface area contributed by atoms with Crippen LogP contribution in [0.25, 0.3) is 0 Å². The van der Waals surface area contributed by atoms with Gasteiger partial charge in [-0.25, -0.2) is 0 Å². The zero-order valence-electron chi connectivity index (χ0n) is 10.9. The maximum Gasteiger partial charge on any atom is 0.307 e. The molecule has 4 heteroatoms. The van der Waals surface area contributed by atoms with E-state index in [-0.39, 0.29) is 5.78 Å². The first-order valence-electron chi connectivity index (χ1n) is 6.54. The van der Waals surface area contributed by atoms with Crippen molar-refractivity contribution in [2.45, 2.75) is 32.6 Å². The fourth-order valence-corrected chi connectivity index (χ4v) is 2.87. The van der Waals surface area contributed by atoms with E-state index in [0.29, 0.717) is 23.4 Å². The Hall–Kier alpha value is -1.35. The van der Waals surface area contributed by atoms with Crippen LogP contribution in [0.4, 0.5) is 0 Å². The van der Waals surface area contributed by atoms with E-state index in [9.17, 15) is 14.7 Å². The molecule has 2 atom stereocenters. The van der Waals surface area contributed by atoms with Crippen molar-refractivity contribution in [2.75, 3.05) is 0 Å². The summed E-state index contributed by atoms with van der Waals surface area (Å²) < 4.78 is 0. The molecule has 1 aliphatic rings. The van der Waals surface area contributed by atoms with Crippen LogP contribution < -0.4 is 0 Å². The number of carboxylic acids is 1. The Balaban J connectivity index is 2.26. The molecule has 0 radical (unpaired) electrons. The van der Waals surface area contributed by atoms with Crippen molar-refractivity contribution >= 4 is 23.4 Å². The van der Waals surface area contributed by atoms with Gasteiger partial charge in [-0.05, 0) is 43.5 Å². The highest BCUT2D eigenvalue weighted by Crippen LogP contribution is 2.33. The summed E-state index contributed by atoms with van der Waals surface area (Å²) in [5, 5.41) is 9.85. The van der Waals surface area contributed by atoms with Crippen molar-refractivity contribution in [3.8, 4) is 0 Å². The zero-order chi connectivity index (χ0) is 14.0. The lowest BCUT2D eigenvalue weighted by Gasteiger charge is -2.27. The molecule has 19 heavy (non-hydrogen) atoms. The number of carbonyl (C=O) groups excluding carboxylic acids is 1. The Morgan fingerprint density at radius 2 is 1.84 bits per heavy atom. The summed E-state index contributed by atoms with van der Waals surface area (Å²) in [6.07, 6.45) is 3.07. The number of hydrogen-bond donors (Lipinski definition) is 1. The van der Waals surface area contributed by atoms with Crippen molar-refractivity contribution in [2.24, 2.45) is 11.8 Å². The van der Waals surface area contributed by atoms with E-state index < -0.39 is 17.8 Å². The number of carboxylic acid groups (broad SMARTS) is 1. The molecule has 1 N–H and O–H groups in total. The Labute approximate surface area is 117 Å². The molecule has 1 fully saturated rings. The maximum atomic E-state index is 12.5. The van der Waals surface area contributed by atoms with E-state index in [1.807, 2.05) is 6.92 Å². The fourth-order valence-electron chi connectivity index (χ4n) is 2.75. The van der Waals surface area contributed by atoms with Gasteiger partial charge in [0.1, 0.15) is 0 Å². The number of halogens is 1. The summed E-state index contributed by atoms with van der Waals surface area (Å²) in [6.45, 7) is 1.84. The van der Waals surface area contributed by atoms with Crippen LogP contribution in [0.2, 0.25) is 5.02 Å². The topological polar surface area (TPSA) is 54.4 Å². The van der Waals surface area contributed by atoms with E-state index in [1.54, 1.807) is 18.2 Å². The van der Waals surface area contributed by atoms with E-state index in [2.05, 4.69) is 0 Å². The van der Waals surface area contributed by atoms with E-state index in [1.165, 1.54) is 0 Å².